The van der Waals surface area contributed by atoms with Crippen molar-refractivity contribution in [3.05, 3.63) is 83.5 Å². The Morgan fingerprint density at radius 3 is 1.92 bits per heavy atom. The normalized spacial score (nSPS) is 28.0. The lowest BCUT2D eigenvalue weighted by molar-refractivity contribution is -0.275. The lowest BCUT2D eigenvalue weighted by Gasteiger charge is -2.37. The molecule has 1 unspecified atom stereocenters. The van der Waals surface area contributed by atoms with Crippen molar-refractivity contribution in [1.29, 1.82) is 0 Å². The van der Waals surface area contributed by atoms with Gasteiger partial charge in [-0.3, -0.25) is 0 Å². The van der Waals surface area contributed by atoms with Crippen LogP contribution in [0.5, 0.6) is 5.75 Å². The van der Waals surface area contributed by atoms with E-state index in [9.17, 15) is 17.6 Å². The molecule has 39 heavy (non-hydrogen) atoms. The highest BCUT2D eigenvalue weighted by Gasteiger charge is 2.33. The van der Waals surface area contributed by atoms with Crippen LogP contribution in [-0.2, 0) is 0 Å². The number of allylic oxidation sites excluding steroid dienone is 3. The molecule has 3 aliphatic rings. The summed E-state index contributed by atoms with van der Waals surface area (Å²) in [6.07, 6.45) is 10.9. The second kappa shape index (κ2) is 11.9. The highest BCUT2D eigenvalue weighted by molar-refractivity contribution is 5.67. The number of benzene rings is 2. The predicted octanol–water partition coefficient (Wildman–Crippen LogP) is 10.5. The molecule has 210 valence electrons. The van der Waals surface area contributed by atoms with Crippen LogP contribution in [0.15, 0.2) is 55.1 Å². The monoisotopic (exact) mass is 544 g/mol. The van der Waals surface area contributed by atoms with Gasteiger partial charge in [0.25, 0.3) is 0 Å². The van der Waals surface area contributed by atoms with E-state index in [4.69, 9.17) is 0 Å². The maximum atomic E-state index is 15.3. The third kappa shape index (κ3) is 6.75. The Kier molecular flexibility index (Phi) is 8.49. The van der Waals surface area contributed by atoms with Gasteiger partial charge in [-0.15, -0.1) is 19.8 Å². The minimum Gasteiger partial charge on any atom is -0.403 e. The Morgan fingerprint density at radius 1 is 0.744 bits per heavy atom. The summed E-state index contributed by atoms with van der Waals surface area (Å²) in [5.74, 6) is 0.664. The highest BCUT2D eigenvalue weighted by atomic mass is 19.4. The van der Waals surface area contributed by atoms with Gasteiger partial charge in [-0.1, -0.05) is 30.4 Å². The number of hydrogen-bond acceptors (Lipinski definition) is 1. The van der Waals surface area contributed by atoms with Crippen molar-refractivity contribution in [2.75, 3.05) is 0 Å². The molecular weight excluding hydrogens is 507 g/mol. The lowest BCUT2D eigenvalue weighted by Crippen LogP contribution is -2.25. The maximum absolute atomic E-state index is 15.3. The Labute approximate surface area is 228 Å². The number of hydrogen-bond donors (Lipinski definition) is 0. The molecule has 1 atom stereocenters. The first kappa shape index (κ1) is 27.9. The Morgan fingerprint density at radius 2 is 1.36 bits per heavy atom. The predicted molar refractivity (Wildman–Crippen MR) is 144 cm³/mol. The fourth-order valence-electron chi connectivity index (χ4n) is 7.18. The summed E-state index contributed by atoms with van der Waals surface area (Å²) in [7, 11) is 0. The van der Waals surface area contributed by atoms with E-state index in [0.717, 1.165) is 47.9 Å². The van der Waals surface area contributed by atoms with Gasteiger partial charge in [0.05, 0.1) is 0 Å². The second-order valence-corrected chi connectivity index (χ2v) is 11.7. The van der Waals surface area contributed by atoms with Crippen molar-refractivity contribution >= 4 is 5.57 Å². The summed E-state index contributed by atoms with van der Waals surface area (Å²) in [4.78, 5) is 0. The average Bonchev–Trinajstić information content (AvgIpc) is 2.94. The van der Waals surface area contributed by atoms with E-state index >= 15 is 4.39 Å². The number of ether oxygens (including phenoxy) is 1. The first-order valence-electron chi connectivity index (χ1n) is 14.4. The van der Waals surface area contributed by atoms with Crippen LogP contribution in [0.4, 0.5) is 22.0 Å². The van der Waals surface area contributed by atoms with Gasteiger partial charge in [-0.05, 0) is 135 Å². The maximum Gasteiger partial charge on any atom is 0.573 e. The van der Waals surface area contributed by atoms with Crippen LogP contribution in [0.25, 0.3) is 5.57 Å². The molecule has 0 radical (unpaired) electrons. The fraction of sp³-hybridized carbons (Fsp3) is 0.515. The molecule has 5 rings (SSSR count). The molecule has 1 nitrogen and oxygen atoms in total. The molecule has 0 spiro atoms. The van der Waals surface area contributed by atoms with Crippen molar-refractivity contribution < 1.29 is 26.7 Å². The zero-order chi connectivity index (χ0) is 27.6. The van der Waals surface area contributed by atoms with E-state index in [2.05, 4.69) is 23.5 Å². The molecule has 0 amide bonds. The molecule has 0 aliphatic heterocycles. The largest absolute Gasteiger partial charge is 0.573 e. The molecule has 0 N–H and O–H groups in total. The van der Waals surface area contributed by atoms with Gasteiger partial charge >= 0.3 is 6.36 Å². The van der Waals surface area contributed by atoms with Crippen LogP contribution in [0, 0.1) is 29.4 Å². The van der Waals surface area contributed by atoms with E-state index in [1.807, 2.05) is 12.1 Å². The molecule has 2 aromatic carbocycles. The second-order valence-electron chi connectivity index (χ2n) is 11.7. The van der Waals surface area contributed by atoms with Crippen molar-refractivity contribution in [3.63, 3.8) is 0 Å². The molecule has 0 bridgehead atoms. The Balaban J connectivity index is 1.17. The Hall–Kier alpha value is -2.63. The molecule has 0 saturated heterocycles. The van der Waals surface area contributed by atoms with Crippen molar-refractivity contribution in [2.24, 2.45) is 17.8 Å². The van der Waals surface area contributed by atoms with Crippen LogP contribution in [0.1, 0.15) is 99.2 Å². The zero-order valence-corrected chi connectivity index (χ0v) is 22.3. The Bertz CT molecular complexity index is 1180. The summed E-state index contributed by atoms with van der Waals surface area (Å²) in [5, 5.41) is 0. The van der Waals surface area contributed by atoms with Gasteiger partial charge in [0.1, 0.15) is 5.82 Å². The van der Waals surface area contributed by atoms with Gasteiger partial charge in [-0.2, -0.15) is 0 Å². The number of halogens is 5. The molecular formula is C33H37F5O. The molecule has 2 saturated carbocycles. The number of rotatable bonds is 6. The molecule has 0 aromatic heterocycles. The van der Waals surface area contributed by atoms with Gasteiger partial charge in [0.15, 0.2) is 11.6 Å². The molecule has 3 aliphatic carbocycles. The van der Waals surface area contributed by atoms with Crippen LogP contribution in [-0.4, -0.2) is 6.36 Å². The van der Waals surface area contributed by atoms with E-state index in [1.165, 1.54) is 44.6 Å². The van der Waals surface area contributed by atoms with Gasteiger partial charge < -0.3 is 4.74 Å². The minimum absolute atomic E-state index is 0.0347. The van der Waals surface area contributed by atoms with Gasteiger partial charge in [-0.25, -0.2) is 8.78 Å². The van der Waals surface area contributed by atoms with Gasteiger partial charge in [0, 0.05) is 5.56 Å². The quantitative estimate of drug-likeness (QED) is 0.260. The third-order valence-electron chi connectivity index (χ3n) is 9.46. The van der Waals surface area contributed by atoms with Crippen molar-refractivity contribution in [1.82, 2.24) is 0 Å². The molecule has 2 fully saturated rings. The van der Waals surface area contributed by atoms with Crippen LogP contribution in [0.3, 0.4) is 0 Å². The summed E-state index contributed by atoms with van der Waals surface area (Å²) in [5.41, 5.74) is 3.27. The first-order chi connectivity index (χ1) is 18.7. The SMILES string of the molecule is C=CC1CCC(C2CCC(c3ccc(C4=CCC(c5ccc(OC(F)(F)F)c(F)c5)CC4)c(F)c3)CC2)CC1. The third-order valence-corrected chi connectivity index (χ3v) is 9.46. The van der Waals surface area contributed by atoms with E-state index < -0.39 is 17.9 Å². The van der Waals surface area contributed by atoms with Crippen molar-refractivity contribution in [2.45, 2.75) is 88.8 Å². The van der Waals surface area contributed by atoms with Gasteiger partial charge in [0.2, 0.25) is 0 Å². The summed E-state index contributed by atoms with van der Waals surface area (Å²) >= 11 is 0. The van der Waals surface area contributed by atoms with Crippen LogP contribution < -0.4 is 4.74 Å². The zero-order valence-electron chi connectivity index (χ0n) is 22.3. The average molecular weight is 545 g/mol. The first-order valence-corrected chi connectivity index (χ1v) is 14.4. The standard InChI is InChI=1S/C33H37F5O/c1-2-21-3-5-22(6-4-21)23-7-9-24(10-8-23)27-15-17-29(30(34)19-27)26-13-11-25(12-14-26)28-16-18-32(31(35)20-28)39-33(36,37)38/h2,13,15-25H,1,3-12,14H2. The van der Waals surface area contributed by atoms with E-state index in [0.29, 0.717) is 42.2 Å². The smallest absolute Gasteiger partial charge is 0.403 e. The molecule has 6 heteroatoms. The molecule has 0 heterocycles. The van der Waals surface area contributed by atoms with E-state index in [-0.39, 0.29) is 11.7 Å². The summed E-state index contributed by atoms with van der Waals surface area (Å²) < 4.78 is 70.4. The fourth-order valence-corrected chi connectivity index (χ4v) is 7.18. The summed E-state index contributed by atoms with van der Waals surface area (Å²) in [6.45, 7) is 3.96. The van der Waals surface area contributed by atoms with E-state index in [1.54, 1.807) is 6.07 Å². The number of alkyl halides is 3. The summed E-state index contributed by atoms with van der Waals surface area (Å²) in [6, 6.07) is 9.32. The molecule has 2 aromatic rings. The highest BCUT2D eigenvalue weighted by Crippen LogP contribution is 2.45. The topological polar surface area (TPSA) is 9.23 Å². The van der Waals surface area contributed by atoms with Crippen LogP contribution >= 0.6 is 0 Å². The van der Waals surface area contributed by atoms with Crippen LogP contribution in [0.2, 0.25) is 0 Å². The lowest BCUT2D eigenvalue weighted by atomic mass is 9.68. The minimum atomic E-state index is -4.94. The van der Waals surface area contributed by atoms with Crippen molar-refractivity contribution in [3.8, 4) is 5.75 Å².